The number of quaternary nitrogens is 1. The van der Waals surface area contributed by atoms with Crippen LogP contribution in [0.1, 0.15) is 11.1 Å². The van der Waals surface area contributed by atoms with Gasteiger partial charge in [-0.15, -0.1) is 0 Å². The van der Waals surface area contributed by atoms with Crippen molar-refractivity contribution in [3.05, 3.63) is 45.9 Å². The van der Waals surface area contributed by atoms with E-state index in [9.17, 15) is 0 Å². The summed E-state index contributed by atoms with van der Waals surface area (Å²) < 4.78 is 22.4. The average molecular weight is 381 g/mol. The molecule has 0 saturated carbocycles. The largest absolute Gasteiger partial charge is 0.493 e. The van der Waals surface area contributed by atoms with Gasteiger partial charge in [-0.05, 0) is 30.3 Å². The molecule has 0 aromatic heterocycles. The summed E-state index contributed by atoms with van der Waals surface area (Å²) in [6, 6.07) is 9.98. The minimum absolute atomic E-state index is 0.307. The van der Waals surface area contributed by atoms with Crippen LogP contribution in [0.25, 0.3) is 0 Å². The van der Waals surface area contributed by atoms with E-state index in [1.54, 1.807) is 14.2 Å². The molecule has 0 spiro atoms. The Kier molecular flexibility index (Phi) is 4.93. The van der Waals surface area contributed by atoms with Gasteiger partial charge < -0.3 is 24.3 Å². The van der Waals surface area contributed by atoms with Crippen molar-refractivity contribution in [3.63, 3.8) is 0 Å². The Morgan fingerprint density at radius 3 is 2.52 bits per heavy atom. The van der Waals surface area contributed by atoms with Gasteiger partial charge in [0.15, 0.2) is 23.0 Å². The molecule has 0 aliphatic carbocycles. The molecule has 0 saturated heterocycles. The molecule has 0 amide bonds. The van der Waals surface area contributed by atoms with Crippen molar-refractivity contribution in [1.29, 1.82) is 0 Å². The van der Waals surface area contributed by atoms with E-state index < -0.39 is 0 Å². The maximum Gasteiger partial charge on any atom is 0.231 e. The second-order valence-corrected chi connectivity index (χ2v) is 6.04. The van der Waals surface area contributed by atoms with Crippen LogP contribution in [0.2, 0.25) is 0 Å². The molecule has 2 N–H and O–H groups in total. The van der Waals surface area contributed by atoms with E-state index >= 15 is 0 Å². The highest BCUT2D eigenvalue weighted by molar-refractivity contribution is 9.10. The van der Waals surface area contributed by atoms with Gasteiger partial charge in [0.25, 0.3) is 0 Å². The van der Waals surface area contributed by atoms with Gasteiger partial charge in [0.1, 0.15) is 13.1 Å². The summed E-state index contributed by atoms with van der Waals surface area (Å²) in [7, 11) is 3.28. The van der Waals surface area contributed by atoms with Crippen LogP contribution in [-0.2, 0) is 13.1 Å². The summed E-state index contributed by atoms with van der Waals surface area (Å²) >= 11 is 3.59. The predicted molar refractivity (Wildman–Crippen MR) is 89.1 cm³/mol. The van der Waals surface area contributed by atoms with E-state index in [-0.39, 0.29) is 0 Å². The van der Waals surface area contributed by atoms with Crippen molar-refractivity contribution in [2.24, 2.45) is 0 Å². The van der Waals surface area contributed by atoms with Crippen LogP contribution in [-0.4, -0.2) is 21.0 Å². The van der Waals surface area contributed by atoms with Crippen molar-refractivity contribution in [2.75, 3.05) is 21.0 Å². The highest BCUT2D eigenvalue weighted by Gasteiger charge is 2.14. The fourth-order valence-corrected chi connectivity index (χ4v) is 3.00. The SMILES string of the molecule is COc1cc(Br)c(C[NH2+]Cc2ccc3c(c2)OCO3)cc1OC. The van der Waals surface area contributed by atoms with E-state index in [4.69, 9.17) is 18.9 Å². The molecule has 0 radical (unpaired) electrons. The third kappa shape index (κ3) is 3.54. The van der Waals surface area contributed by atoms with E-state index in [1.165, 1.54) is 5.56 Å². The van der Waals surface area contributed by atoms with Gasteiger partial charge in [-0.25, -0.2) is 0 Å². The minimum Gasteiger partial charge on any atom is -0.493 e. The number of ether oxygens (including phenoxy) is 4. The Labute approximate surface area is 143 Å². The average Bonchev–Trinajstić information content (AvgIpc) is 3.03. The molecule has 1 aliphatic rings. The maximum atomic E-state index is 5.40. The molecule has 3 rings (SSSR count). The van der Waals surface area contributed by atoms with Crippen molar-refractivity contribution in [1.82, 2.24) is 0 Å². The zero-order chi connectivity index (χ0) is 16.2. The lowest BCUT2D eigenvalue weighted by Gasteiger charge is -2.11. The molecule has 0 bridgehead atoms. The lowest BCUT2D eigenvalue weighted by atomic mass is 10.1. The molecule has 0 unspecified atom stereocenters. The van der Waals surface area contributed by atoms with Gasteiger partial charge in [0.05, 0.1) is 14.2 Å². The Morgan fingerprint density at radius 2 is 1.74 bits per heavy atom. The molecule has 23 heavy (non-hydrogen) atoms. The lowest BCUT2D eigenvalue weighted by Crippen LogP contribution is -2.80. The van der Waals surface area contributed by atoms with Crippen molar-refractivity contribution < 1.29 is 24.3 Å². The van der Waals surface area contributed by atoms with Crippen LogP contribution in [0.5, 0.6) is 23.0 Å². The first kappa shape index (κ1) is 16.0. The summed E-state index contributed by atoms with van der Waals surface area (Å²) in [4.78, 5) is 0. The van der Waals surface area contributed by atoms with Crippen LogP contribution in [0.4, 0.5) is 0 Å². The van der Waals surface area contributed by atoms with Gasteiger partial charge in [-0.1, -0.05) is 15.9 Å². The number of methoxy groups -OCH3 is 2. The van der Waals surface area contributed by atoms with E-state index in [0.29, 0.717) is 6.79 Å². The zero-order valence-corrected chi connectivity index (χ0v) is 14.7. The van der Waals surface area contributed by atoms with E-state index in [2.05, 4.69) is 27.3 Å². The summed E-state index contributed by atoms with van der Waals surface area (Å²) in [5.41, 5.74) is 2.36. The number of rotatable bonds is 6. The lowest BCUT2D eigenvalue weighted by molar-refractivity contribution is -0.686. The van der Waals surface area contributed by atoms with E-state index in [1.807, 2.05) is 24.3 Å². The fourth-order valence-electron chi connectivity index (χ4n) is 2.51. The standard InChI is InChI=1S/C17H18BrNO4/c1-20-15-6-12(13(18)7-16(15)21-2)9-19-8-11-3-4-14-17(5-11)23-10-22-14/h3-7,19H,8-10H2,1-2H3/p+1. The Balaban J connectivity index is 1.64. The second-order valence-electron chi connectivity index (χ2n) is 5.18. The highest BCUT2D eigenvalue weighted by atomic mass is 79.9. The van der Waals surface area contributed by atoms with Crippen LogP contribution in [0, 0.1) is 0 Å². The molecule has 1 aliphatic heterocycles. The molecule has 1 heterocycles. The quantitative estimate of drug-likeness (QED) is 0.836. The molecule has 6 heteroatoms. The summed E-state index contributed by atoms with van der Waals surface area (Å²) in [5, 5.41) is 2.23. The molecule has 2 aromatic carbocycles. The number of hydrogen-bond acceptors (Lipinski definition) is 4. The molecule has 0 fully saturated rings. The third-order valence-electron chi connectivity index (χ3n) is 3.73. The summed E-state index contributed by atoms with van der Waals surface area (Å²) in [6.45, 7) is 1.99. The topological polar surface area (TPSA) is 53.5 Å². The molecular formula is C17H19BrNO4+. The van der Waals surface area contributed by atoms with Gasteiger partial charge in [-0.2, -0.15) is 0 Å². The highest BCUT2D eigenvalue weighted by Crippen LogP contribution is 2.33. The van der Waals surface area contributed by atoms with Gasteiger partial charge in [0.2, 0.25) is 6.79 Å². The Bertz CT molecular complexity index is 705. The molecule has 122 valence electrons. The van der Waals surface area contributed by atoms with Gasteiger partial charge in [0, 0.05) is 15.6 Å². The van der Waals surface area contributed by atoms with Crippen LogP contribution in [0.3, 0.4) is 0 Å². The number of halogens is 1. The second kappa shape index (κ2) is 7.10. The number of benzene rings is 2. The smallest absolute Gasteiger partial charge is 0.231 e. The maximum absolute atomic E-state index is 5.40. The van der Waals surface area contributed by atoms with Gasteiger partial charge >= 0.3 is 0 Å². The predicted octanol–water partition coefficient (Wildman–Crippen LogP) is 2.46. The number of fused-ring (bicyclic) bond motifs is 1. The van der Waals surface area contributed by atoms with Crippen LogP contribution in [0.15, 0.2) is 34.8 Å². The van der Waals surface area contributed by atoms with E-state index in [0.717, 1.165) is 46.1 Å². The normalized spacial score (nSPS) is 12.3. The third-order valence-corrected chi connectivity index (χ3v) is 4.47. The molecule has 2 aromatic rings. The summed E-state index contributed by atoms with van der Waals surface area (Å²) in [5.74, 6) is 3.10. The monoisotopic (exact) mass is 380 g/mol. The minimum atomic E-state index is 0.307. The van der Waals surface area contributed by atoms with Crippen LogP contribution < -0.4 is 24.3 Å². The number of hydrogen-bond donors (Lipinski definition) is 1. The van der Waals surface area contributed by atoms with Crippen molar-refractivity contribution >= 4 is 15.9 Å². The first-order valence-corrected chi connectivity index (χ1v) is 8.11. The molecule has 5 nitrogen and oxygen atoms in total. The summed E-state index contributed by atoms with van der Waals surface area (Å²) in [6.07, 6.45) is 0. The van der Waals surface area contributed by atoms with Crippen molar-refractivity contribution in [2.45, 2.75) is 13.1 Å². The Hall–Kier alpha value is -1.92. The fraction of sp³-hybridized carbons (Fsp3) is 0.294. The molecule has 0 atom stereocenters. The zero-order valence-electron chi connectivity index (χ0n) is 13.1. The number of nitrogens with two attached hydrogens (primary N) is 1. The van der Waals surface area contributed by atoms with Gasteiger partial charge in [-0.3, -0.25) is 0 Å². The Morgan fingerprint density at radius 1 is 1.00 bits per heavy atom. The van der Waals surface area contributed by atoms with Crippen molar-refractivity contribution in [3.8, 4) is 23.0 Å². The first-order valence-electron chi connectivity index (χ1n) is 7.32. The molecular weight excluding hydrogens is 362 g/mol. The van der Waals surface area contributed by atoms with Crippen LogP contribution >= 0.6 is 15.9 Å². The first-order chi connectivity index (χ1) is 11.2.